The van der Waals surface area contributed by atoms with Gasteiger partial charge in [0.25, 0.3) is 0 Å². The number of aromatic nitrogens is 2. The molecule has 0 bridgehead atoms. The van der Waals surface area contributed by atoms with Crippen LogP contribution < -0.4 is 11.1 Å². The highest BCUT2D eigenvalue weighted by molar-refractivity contribution is 5.58. The third-order valence-corrected chi connectivity index (χ3v) is 2.11. The van der Waals surface area contributed by atoms with Crippen LogP contribution in [-0.2, 0) is 6.54 Å². The van der Waals surface area contributed by atoms with Gasteiger partial charge in [-0.15, -0.1) is 0 Å². The van der Waals surface area contributed by atoms with Crippen LogP contribution in [0.25, 0.3) is 0 Å². The fraction of sp³-hybridized carbons (Fsp3) is 0.0909. The van der Waals surface area contributed by atoms with Gasteiger partial charge in [-0.05, 0) is 17.7 Å². The second-order valence-electron chi connectivity index (χ2n) is 3.31. The van der Waals surface area contributed by atoms with E-state index in [-0.39, 0.29) is 5.82 Å². The molecule has 0 radical (unpaired) electrons. The quantitative estimate of drug-likeness (QED) is 0.824. The van der Waals surface area contributed by atoms with Gasteiger partial charge in [0.05, 0.1) is 11.9 Å². The van der Waals surface area contributed by atoms with Crippen molar-refractivity contribution in [1.82, 2.24) is 9.97 Å². The van der Waals surface area contributed by atoms with Crippen LogP contribution in [0.5, 0.6) is 0 Å². The van der Waals surface area contributed by atoms with E-state index in [9.17, 15) is 4.39 Å². The molecule has 0 atom stereocenters. The number of nitrogen functional groups attached to an aromatic ring is 1. The van der Waals surface area contributed by atoms with Crippen LogP contribution in [0.3, 0.4) is 0 Å². The van der Waals surface area contributed by atoms with Gasteiger partial charge >= 0.3 is 0 Å². The highest BCUT2D eigenvalue weighted by atomic mass is 19.1. The lowest BCUT2D eigenvalue weighted by Crippen LogP contribution is -2.04. The summed E-state index contributed by atoms with van der Waals surface area (Å²) >= 11 is 0. The van der Waals surface area contributed by atoms with Crippen molar-refractivity contribution in [2.75, 3.05) is 11.1 Å². The molecule has 1 aromatic heterocycles. The monoisotopic (exact) mass is 218 g/mol. The molecule has 16 heavy (non-hydrogen) atoms. The van der Waals surface area contributed by atoms with E-state index in [1.807, 2.05) is 0 Å². The van der Waals surface area contributed by atoms with Crippen LogP contribution in [0, 0.1) is 5.82 Å². The molecule has 0 amide bonds. The number of nitrogens with two attached hydrogens (primary N) is 1. The number of hydrogen-bond donors (Lipinski definition) is 2. The van der Waals surface area contributed by atoms with E-state index >= 15 is 0 Å². The van der Waals surface area contributed by atoms with Gasteiger partial charge in [0, 0.05) is 6.54 Å². The minimum Gasteiger partial charge on any atom is -0.394 e. The predicted octanol–water partition coefficient (Wildman–Crippen LogP) is 1.81. The van der Waals surface area contributed by atoms with E-state index in [1.54, 1.807) is 12.1 Å². The average molecular weight is 218 g/mol. The van der Waals surface area contributed by atoms with Crippen LogP contribution in [0.1, 0.15) is 5.56 Å². The van der Waals surface area contributed by atoms with Crippen molar-refractivity contribution in [1.29, 1.82) is 0 Å². The van der Waals surface area contributed by atoms with Crippen LogP contribution in [0.4, 0.5) is 15.9 Å². The fourth-order valence-electron chi connectivity index (χ4n) is 1.28. The van der Waals surface area contributed by atoms with Crippen LogP contribution in [-0.4, -0.2) is 9.97 Å². The molecule has 3 N–H and O–H groups in total. The molecule has 0 fully saturated rings. The molecule has 2 rings (SSSR count). The molecular weight excluding hydrogens is 207 g/mol. The van der Waals surface area contributed by atoms with Crippen molar-refractivity contribution in [3.63, 3.8) is 0 Å². The third kappa shape index (κ3) is 2.44. The van der Waals surface area contributed by atoms with Crippen molar-refractivity contribution in [2.24, 2.45) is 0 Å². The Morgan fingerprint density at radius 3 is 2.69 bits per heavy atom. The first-order chi connectivity index (χ1) is 7.75. The Morgan fingerprint density at radius 2 is 2.00 bits per heavy atom. The molecule has 0 spiro atoms. The Hall–Kier alpha value is -2.17. The second kappa shape index (κ2) is 4.57. The van der Waals surface area contributed by atoms with Crippen LogP contribution in [0.2, 0.25) is 0 Å². The van der Waals surface area contributed by atoms with Crippen molar-refractivity contribution >= 4 is 11.5 Å². The minimum atomic E-state index is -0.245. The van der Waals surface area contributed by atoms with Gasteiger partial charge in [-0.2, -0.15) is 0 Å². The van der Waals surface area contributed by atoms with Crippen molar-refractivity contribution in [2.45, 2.75) is 6.54 Å². The van der Waals surface area contributed by atoms with E-state index in [4.69, 9.17) is 5.73 Å². The molecule has 0 aliphatic rings. The fourth-order valence-corrected chi connectivity index (χ4v) is 1.28. The van der Waals surface area contributed by atoms with E-state index in [0.717, 1.165) is 5.56 Å². The summed E-state index contributed by atoms with van der Waals surface area (Å²) in [7, 11) is 0. The lowest BCUT2D eigenvalue weighted by Gasteiger charge is -2.07. The summed E-state index contributed by atoms with van der Waals surface area (Å²) in [6, 6.07) is 6.25. The van der Waals surface area contributed by atoms with Crippen molar-refractivity contribution in [3.8, 4) is 0 Å². The van der Waals surface area contributed by atoms with Crippen molar-refractivity contribution < 1.29 is 4.39 Å². The molecule has 2 aromatic rings. The van der Waals surface area contributed by atoms with E-state index in [2.05, 4.69) is 15.3 Å². The van der Waals surface area contributed by atoms with E-state index < -0.39 is 0 Å². The highest BCUT2D eigenvalue weighted by Crippen LogP contribution is 2.13. The summed E-state index contributed by atoms with van der Waals surface area (Å²) in [4.78, 5) is 7.78. The lowest BCUT2D eigenvalue weighted by molar-refractivity contribution is 0.627. The number of rotatable bonds is 3. The summed E-state index contributed by atoms with van der Waals surface area (Å²) < 4.78 is 12.7. The molecule has 82 valence electrons. The SMILES string of the molecule is Nc1cncnc1NCc1ccc(F)cc1. The topological polar surface area (TPSA) is 63.8 Å². The first-order valence-corrected chi connectivity index (χ1v) is 4.79. The van der Waals surface area contributed by atoms with Crippen LogP contribution in [0.15, 0.2) is 36.8 Å². The van der Waals surface area contributed by atoms with Gasteiger partial charge < -0.3 is 11.1 Å². The minimum absolute atomic E-state index is 0.245. The predicted molar refractivity (Wildman–Crippen MR) is 60.2 cm³/mol. The summed E-state index contributed by atoms with van der Waals surface area (Å²) in [5.74, 6) is 0.338. The van der Waals surface area contributed by atoms with Crippen molar-refractivity contribution in [3.05, 3.63) is 48.2 Å². The average Bonchev–Trinajstić information content (AvgIpc) is 2.30. The Labute approximate surface area is 92.3 Å². The zero-order valence-electron chi connectivity index (χ0n) is 8.52. The molecule has 1 aromatic carbocycles. The van der Waals surface area contributed by atoms with Crippen LogP contribution >= 0.6 is 0 Å². The number of halogens is 1. The standard InChI is InChI=1S/C11H11FN4/c12-9-3-1-8(2-4-9)5-15-11-10(13)6-14-7-16-11/h1-4,6-7H,5,13H2,(H,14,15,16). The maximum Gasteiger partial charge on any atom is 0.152 e. The van der Waals surface area contributed by atoms with Gasteiger partial charge in [0.1, 0.15) is 12.1 Å². The number of benzene rings is 1. The number of nitrogens with zero attached hydrogens (tertiary/aromatic N) is 2. The summed E-state index contributed by atoms with van der Waals surface area (Å²) in [6.07, 6.45) is 2.95. The Balaban J connectivity index is 2.02. The zero-order chi connectivity index (χ0) is 11.4. The van der Waals surface area contributed by atoms with Gasteiger partial charge in [-0.25, -0.2) is 14.4 Å². The molecule has 5 heteroatoms. The van der Waals surface area contributed by atoms with Gasteiger partial charge in [0.2, 0.25) is 0 Å². The summed E-state index contributed by atoms with van der Waals surface area (Å²) in [5.41, 5.74) is 7.11. The molecule has 0 aliphatic carbocycles. The van der Waals surface area contributed by atoms with E-state index in [0.29, 0.717) is 18.1 Å². The Morgan fingerprint density at radius 1 is 1.25 bits per heavy atom. The number of nitrogens with one attached hydrogen (secondary N) is 1. The summed E-state index contributed by atoms with van der Waals surface area (Å²) in [5, 5.41) is 3.05. The molecule has 0 saturated heterocycles. The maximum absolute atomic E-state index is 12.7. The van der Waals surface area contributed by atoms with Gasteiger partial charge in [-0.3, -0.25) is 0 Å². The molecule has 1 heterocycles. The lowest BCUT2D eigenvalue weighted by atomic mass is 10.2. The first-order valence-electron chi connectivity index (χ1n) is 4.79. The zero-order valence-corrected chi connectivity index (χ0v) is 8.52. The largest absolute Gasteiger partial charge is 0.394 e. The first kappa shape index (κ1) is 10.4. The maximum atomic E-state index is 12.7. The highest BCUT2D eigenvalue weighted by Gasteiger charge is 1.99. The normalized spacial score (nSPS) is 10.1. The smallest absolute Gasteiger partial charge is 0.152 e. The second-order valence-corrected chi connectivity index (χ2v) is 3.31. The number of anilines is 2. The van der Waals surface area contributed by atoms with E-state index in [1.165, 1.54) is 24.7 Å². The molecule has 0 aliphatic heterocycles. The Bertz CT molecular complexity index is 470. The molecule has 0 saturated carbocycles. The summed E-state index contributed by atoms with van der Waals surface area (Å²) in [6.45, 7) is 0.543. The van der Waals surface area contributed by atoms with Gasteiger partial charge in [-0.1, -0.05) is 12.1 Å². The molecule has 4 nitrogen and oxygen atoms in total. The Kier molecular flexibility index (Phi) is 2.95. The molecule has 0 unspecified atom stereocenters. The van der Waals surface area contributed by atoms with Gasteiger partial charge in [0.15, 0.2) is 5.82 Å². The number of hydrogen-bond acceptors (Lipinski definition) is 4. The molecular formula is C11H11FN4. The third-order valence-electron chi connectivity index (χ3n) is 2.11.